The minimum atomic E-state index is -4.49. The Morgan fingerprint density at radius 3 is 2.69 bits per heavy atom. The minimum Gasteiger partial charge on any atom is -0.370 e. The van der Waals surface area contributed by atoms with Crippen molar-refractivity contribution in [3.8, 4) is 0 Å². The molecule has 4 rings (SSSR count). The first-order chi connectivity index (χ1) is 15.0. The number of halogens is 4. The van der Waals surface area contributed by atoms with Gasteiger partial charge in [-0.05, 0) is 51.6 Å². The number of aromatic nitrogens is 1. The van der Waals surface area contributed by atoms with Crippen LogP contribution in [0.15, 0.2) is 29.2 Å². The molecular weight excluding hydrogens is 481 g/mol. The van der Waals surface area contributed by atoms with Crippen LogP contribution in [-0.4, -0.2) is 51.5 Å². The van der Waals surface area contributed by atoms with Crippen LogP contribution in [0, 0.1) is 17.2 Å². The molecule has 2 aliphatic rings. The molecule has 1 aromatic carbocycles. The third-order valence-electron chi connectivity index (χ3n) is 6.53. The summed E-state index contributed by atoms with van der Waals surface area (Å²) in [6, 6.07) is 5.40. The van der Waals surface area contributed by atoms with Gasteiger partial charge in [-0.1, -0.05) is 35.7 Å². The molecule has 1 aliphatic carbocycles. The number of nitrogens with one attached hydrogen (secondary N) is 1. The van der Waals surface area contributed by atoms with Gasteiger partial charge in [0, 0.05) is 24.5 Å². The quantitative estimate of drug-likeness (QED) is 0.468. The van der Waals surface area contributed by atoms with Crippen LogP contribution in [-0.2, 0) is 10.0 Å². The second-order valence-electron chi connectivity index (χ2n) is 8.69. The van der Waals surface area contributed by atoms with Gasteiger partial charge in [-0.3, -0.25) is 4.72 Å². The highest BCUT2D eigenvalue weighted by atomic mass is 35.5. The lowest BCUT2D eigenvalue weighted by molar-refractivity contribution is 0.153. The van der Waals surface area contributed by atoms with Crippen molar-refractivity contribution in [3.63, 3.8) is 0 Å². The van der Waals surface area contributed by atoms with Crippen LogP contribution in [0.3, 0.4) is 0 Å². The maximum Gasteiger partial charge on any atom is 0.267 e. The largest absolute Gasteiger partial charge is 0.370 e. The summed E-state index contributed by atoms with van der Waals surface area (Å²) in [7, 11) is -0.345. The highest BCUT2D eigenvalue weighted by molar-refractivity contribution is 7.92. The summed E-state index contributed by atoms with van der Waals surface area (Å²) in [4.78, 5) is 6.88. The van der Waals surface area contributed by atoms with Gasteiger partial charge in [0.2, 0.25) is 5.95 Å². The van der Waals surface area contributed by atoms with Crippen LogP contribution in [0.2, 0.25) is 10.0 Å². The molecule has 2 heterocycles. The van der Waals surface area contributed by atoms with E-state index < -0.39 is 26.7 Å². The lowest BCUT2D eigenvalue weighted by Gasteiger charge is -2.36. The van der Waals surface area contributed by atoms with Crippen molar-refractivity contribution < 1.29 is 17.2 Å². The van der Waals surface area contributed by atoms with Gasteiger partial charge in [-0.25, -0.2) is 17.8 Å². The van der Waals surface area contributed by atoms with E-state index in [9.17, 15) is 12.8 Å². The first-order valence-corrected chi connectivity index (χ1v) is 12.5. The Kier molecular flexibility index (Phi) is 6.30. The number of nitrogens with zero attached hydrogens (tertiary/aromatic N) is 3. The van der Waals surface area contributed by atoms with Crippen molar-refractivity contribution in [3.05, 3.63) is 46.1 Å². The van der Waals surface area contributed by atoms with E-state index in [-0.39, 0.29) is 21.3 Å². The molecule has 0 amide bonds. The molecule has 174 valence electrons. The number of anilines is 2. The Morgan fingerprint density at radius 2 is 2.00 bits per heavy atom. The highest BCUT2D eigenvalue weighted by Crippen LogP contribution is 2.50. The average Bonchev–Trinajstić information content (AvgIpc) is 3.31. The van der Waals surface area contributed by atoms with Crippen LogP contribution in [0.1, 0.15) is 25.7 Å². The monoisotopic (exact) mass is 504 g/mol. The van der Waals surface area contributed by atoms with Crippen molar-refractivity contribution in [1.29, 1.82) is 0 Å². The molecule has 1 N–H and O–H groups in total. The van der Waals surface area contributed by atoms with Crippen molar-refractivity contribution in [2.75, 3.05) is 36.8 Å². The van der Waals surface area contributed by atoms with Gasteiger partial charge in [0.1, 0.15) is 15.7 Å². The second kappa shape index (κ2) is 8.59. The molecule has 0 bridgehead atoms. The Hall–Kier alpha value is -1.68. The standard InChI is InChI=1S/C21H24Cl2F2N4O2S/c1-28(2)15-5-4-8-21(15)9-10-29(12-21)14-11-13(22)20(19(25)18(14)23)32(30,31)27-17-7-3-6-16(24)26-17/h3,6-7,11,15H,4-5,8-10,12H2,1-2H3,(H,26,27)/t15-,21-/m0/s1. The summed E-state index contributed by atoms with van der Waals surface area (Å²) in [5.74, 6) is -2.32. The van der Waals surface area contributed by atoms with Crippen molar-refractivity contribution in [1.82, 2.24) is 9.88 Å². The lowest BCUT2D eigenvalue weighted by Crippen LogP contribution is -2.42. The summed E-state index contributed by atoms with van der Waals surface area (Å²) in [5, 5.41) is -0.610. The summed E-state index contributed by atoms with van der Waals surface area (Å²) in [5.41, 5.74) is 0.462. The zero-order valence-corrected chi connectivity index (χ0v) is 20.0. The molecule has 11 heteroatoms. The zero-order chi connectivity index (χ0) is 23.3. The number of benzene rings is 1. The zero-order valence-electron chi connectivity index (χ0n) is 17.7. The Labute approximate surface area is 196 Å². The number of hydrogen-bond donors (Lipinski definition) is 1. The van der Waals surface area contributed by atoms with E-state index >= 15 is 4.39 Å². The highest BCUT2D eigenvalue weighted by Gasteiger charge is 2.48. The first-order valence-electron chi connectivity index (χ1n) is 10.3. The van der Waals surface area contributed by atoms with E-state index in [1.807, 2.05) is 4.90 Å². The van der Waals surface area contributed by atoms with Crippen molar-refractivity contribution in [2.24, 2.45) is 5.41 Å². The smallest absolute Gasteiger partial charge is 0.267 e. The predicted molar refractivity (Wildman–Crippen MR) is 122 cm³/mol. The van der Waals surface area contributed by atoms with Gasteiger partial charge in [0.05, 0.1) is 10.7 Å². The summed E-state index contributed by atoms with van der Waals surface area (Å²) < 4.78 is 56.2. The third kappa shape index (κ3) is 4.16. The van der Waals surface area contributed by atoms with Gasteiger partial charge >= 0.3 is 0 Å². The second-order valence-corrected chi connectivity index (χ2v) is 11.1. The fourth-order valence-corrected chi connectivity index (χ4v) is 7.16. The molecule has 1 aromatic heterocycles. The molecule has 6 nitrogen and oxygen atoms in total. The van der Waals surface area contributed by atoms with Crippen LogP contribution >= 0.6 is 23.2 Å². The van der Waals surface area contributed by atoms with Crippen molar-refractivity contribution >= 4 is 44.7 Å². The maximum atomic E-state index is 15.3. The fourth-order valence-electron chi connectivity index (χ4n) is 5.20. The lowest BCUT2D eigenvalue weighted by atomic mass is 9.81. The number of hydrogen-bond acceptors (Lipinski definition) is 5. The molecule has 2 atom stereocenters. The van der Waals surface area contributed by atoms with Crippen molar-refractivity contribution in [2.45, 2.75) is 36.6 Å². The van der Waals surface area contributed by atoms with E-state index in [0.717, 1.165) is 31.7 Å². The third-order valence-corrected chi connectivity index (χ3v) is 8.71. The van der Waals surface area contributed by atoms with E-state index in [1.54, 1.807) is 0 Å². The Bertz CT molecular complexity index is 1150. The Morgan fingerprint density at radius 1 is 1.25 bits per heavy atom. The molecule has 2 aromatic rings. The van der Waals surface area contributed by atoms with Gasteiger partial charge in [0.15, 0.2) is 5.82 Å². The number of sulfonamides is 1. The van der Waals surface area contributed by atoms with E-state index in [4.69, 9.17) is 23.2 Å². The average molecular weight is 505 g/mol. The van der Waals surface area contributed by atoms with E-state index in [2.05, 4.69) is 28.7 Å². The first kappa shape index (κ1) is 23.5. The molecule has 32 heavy (non-hydrogen) atoms. The summed E-state index contributed by atoms with van der Waals surface area (Å²) in [6.45, 7) is 1.38. The summed E-state index contributed by atoms with van der Waals surface area (Å²) in [6.07, 6.45) is 4.27. The Balaban J connectivity index is 1.65. The normalized spacial score (nSPS) is 23.5. The predicted octanol–water partition coefficient (Wildman–Crippen LogP) is 4.78. The maximum absolute atomic E-state index is 15.3. The van der Waals surface area contributed by atoms with Crippen LogP contribution in [0.25, 0.3) is 0 Å². The number of rotatable bonds is 5. The van der Waals surface area contributed by atoms with Crippen LogP contribution < -0.4 is 9.62 Å². The molecule has 2 fully saturated rings. The van der Waals surface area contributed by atoms with Gasteiger partial charge in [0.25, 0.3) is 10.0 Å². The fraction of sp³-hybridized carbons (Fsp3) is 0.476. The minimum absolute atomic E-state index is 0.0884. The molecule has 1 spiro atoms. The summed E-state index contributed by atoms with van der Waals surface area (Å²) >= 11 is 12.6. The molecule has 1 saturated heterocycles. The van der Waals surface area contributed by atoms with Crippen LogP contribution in [0.4, 0.5) is 20.3 Å². The molecule has 1 aliphatic heterocycles. The van der Waals surface area contributed by atoms with Gasteiger partial charge < -0.3 is 9.80 Å². The van der Waals surface area contributed by atoms with E-state index in [1.165, 1.54) is 18.2 Å². The van der Waals surface area contributed by atoms with Gasteiger partial charge in [-0.15, -0.1) is 0 Å². The van der Waals surface area contributed by atoms with Crippen LogP contribution in [0.5, 0.6) is 0 Å². The molecule has 1 saturated carbocycles. The number of pyridine rings is 1. The van der Waals surface area contributed by atoms with Gasteiger partial charge in [-0.2, -0.15) is 4.39 Å². The molecule has 0 radical (unpaired) electrons. The topological polar surface area (TPSA) is 65.5 Å². The SMILES string of the molecule is CN(C)[C@H]1CCC[C@@]12CCN(c1cc(Cl)c(S(=O)(=O)Nc3cccc(F)n3)c(F)c1Cl)C2. The van der Waals surface area contributed by atoms with E-state index in [0.29, 0.717) is 24.8 Å². The molecule has 0 unspecified atom stereocenters. The molecular formula is C21H24Cl2F2N4O2S.